The number of rotatable bonds is 33. The number of carbonyl (C=O) groups excluding carboxylic acids is 13. The summed E-state index contributed by atoms with van der Waals surface area (Å²) >= 11 is 0. The molecule has 12 N–H and O–H groups in total. The molecule has 0 radical (unpaired) electrons. The molecule has 5 unspecified atom stereocenters. The normalized spacial score (nSPS) is 11.4. The molecule has 1 rings (SSSR count). The molecular weight excluding hydrogens is 1580 g/mol. The smallest absolute Gasteiger partial charge is 0.306 e. The number of hydrogen-bond acceptors (Lipinski definition) is 29. The summed E-state index contributed by atoms with van der Waals surface area (Å²) in [5, 5.41) is 106. The van der Waals surface area contributed by atoms with E-state index in [-0.39, 0.29) is 110 Å². The van der Waals surface area contributed by atoms with E-state index in [1.165, 1.54) is 69.2 Å². The van der Waals surface area contributed by atoms with Crippen LogP contribution in [0.1, 0.15) is 269 Å². The molecule has 0 aliphatic carbocycles. The van der Waals surface area contributed by atoms with E-state index in [2.05, 4.69) is 24.4 Å². The largest absolute Gasteiger partial charge is 0.448 e. The van der Waals surface area contributed by atoms with Crippen LogP contribution in [-0.2, 0) is 62.3 Å². The first kappa shape index (κ1) is 134. The number of nitrogens with one attached hydrogen (secondary N) is 12. The van der Waals surface area contributed by atoms with Crippen molar-refractivity contribution in [1.82, 2.24) is 0 Å². The number of esters is 1. The van der Waals surface area contributed by atoms with Crippen molar-refractivity contribution < 1.29 is 72.0 Å². The molecule has 680 valence electrons. The fraction of sp³-hybridized carbons (Fsp3) is 0.632. The number of nitriles is 1. The number of hydrogen-bond donors (Lipinski definition) is 12. The van der Waals surface area contributed by atoms with Crippen molar-refractivity contribution in [2.75, 3.05) is 0 Å². The van der Waals surface area contributed by atoms with Crippen molar-refractivity contribution in [1.29, 1.82) is 70.2 Å². The van der Waals surface area contributed by atoms with Gasteiger partial charge in [0.2, 0.25) is 5.78 Å². The van der Waals surface area contributed by atoms with Crippen molar-refractivity contribution in [2.24, 2.45) is 34.0 Å². The number of Topliss-reactive ketones (excluding diaryl/α,β-unsaturated/α-hetero) is 10. The van der Waals surface area contributed by atoms with Gasteiger partial charge in [0.1, 0.15) is 67.6 Å². The summed E-state index contributed by atoms with van der Waals surface area (Å²) < 4.78 is 4.56. The average Bonchev–Trinajstić information content (AvgIpc) is 0.868. The van der Waals surface area contributed by atoms with Crippen LogP contribution in [-0.4, -0.2) is 184 Å². The van der Waals surface area contributed by atoms with Crippen LogP contribution in [0.3, 0.4) is 0 Å². The molecule has 0 aromatic heterocycles. The Morgan fingerprint density at radius 3 is 1.01 bits per heavy atom. The summed E-state index contributed by atoms with van der Waals surface area (Å²) in [6.07, 6.45) is 2.96. The maximum Gasteiger partial charge on any atom is 0.306 e. The van der Waals surface area contributed by atoms with Crippen molar-refractivity contribution in [3.05, 3.63) is 46.0 Å². The Morgan fingerprint density at radius 1 is 0.467 bits per heavy atom. The fourth-order valence-corrected chi connectivity index (χ4v) is 9.30. The highest BCUT2D eigenvalue weighted by molar-refractivity contribution is 7.09. The molecule has 5 atom stereocenters. The van der Waals surface area contributed by atoms with Gasteiger partial charge in [0.25, 0.3) is 0 Å². The van der Waals surface area contributed by atoms with E-state index in [9.17, 15) is 72.4 Å². The molecule has 1 aromatic rings. The molecule has 120 heavy (non-hydrogen) atoms. The van der Waals surface area contributed by atoms with Gasteiger partial charge in [-0.3, -0.25) is 62.9 Å². The Kier molecular flexibility index (Phi) is 74.7. The minimum atomic E-state index is -1.66. The van der Waals surface area contributed by atoms with Crippen LogP contribution in [0.15, 0.2) is 30.3 Å². The van der Waals surface area contributed by atoms with Crippen molar-refractivity contribution in [3.63, 3.8) is 0 Å². The summed E-state index contributed by atoms with van der Waals surface area (Å²) in [4.78, 5) is 150. The Morgan fingerprint density at radius 2 is 0.867 bits per heavy atom. The van der Waals surface area contributed by atoms with Gasteiger partial charge >= 0.3 is 12.0 Å². The van der Waals surface area contributed by atoms with E-state index in [4.69, 9.17) is 70.2 Å². The standard InChI is InChI=1S/C11H21NO.C10H11NO.C9H21NOSi2.C7H11NO3.C7H15NOSi.3C7H13NO.C6H8N2O.C6H11NO.C5H8N2O3.C5H9NO/c1-10(2,3)8(12)7-9(13)11(4,5)6;1-8(11)7-10(12)9-5-3-2-4-6-9;1-12(2,3)8(10)7-9(11)13(4,5)6;1-4(8)7(5(2)9)11-6(3)10;1-6(8)5-7(9)10(2,3)4;1-5(8)7(3,4)6(2)9;1-4-7(5(2)8)6(3)9;1-3-6(8)5-7(9)4-2;1-4(8)6(3-7)5(2)9;1-4(5(2)7)6(3)8;1-3(6)5(4(2)8)7(9)10;1-4(6)3-5(2)7/h12H,7H2,1-6H3;2-6,11H,7H2,1H3;10H,7H2,1-6H3;7-8H,1-3H3;8H,5H2,1-4H3;8H,1-4H3;7-8H,4H2,1-3H3;8H,3-5H2,1-2H3;6,8H,1-2H3;4,7H,1-3H3;5-6H,1-2H3;6H,3H2,1-2H3. The third kappa shape index (κ3) is 80.7. The Labute approximate surface area is 721 Å². The van der Waals surface area contributed by atoms with E-state index in [0.717, 1.165) is 13.3 Å². The molecule has 0 fully saturated rings. The van der Waals surface area contributed by atoms with E-state index < -0.39 is 64.4 Å². The molecule has 0 amide bonds. The number of benzene rings is 1. The van der Waals surface area contributed by atoms with Gasteiger partial charge in [-0.2, -0.15) is 5.26 Å². The Balaban J connectivity index is -0.000000120. The van der Waals surface area contributed by atoms with Crippen LogP contribution in [0.4, 0.5) is 0 Å². The maximum atomic E-state index is 11.7. The molecule has 0 saturated carbocycles. The monoisotopic (exact) mass is 1740 g/mol. The Hall–Kier alpha value is -9.69. The third-order valence-corrected chi connectivity index (χ3v) is 21.9. The molecule has 0 spiro atoms. The molecule has 33 heteroatoms. The maximum absolute atomic E-state index is 11.7. The summed E-state index contributed by atoms with van der Waals surface area (Å²) in [5.41, 5.74) is 3.30. The molecule has 0 aliphatic heterocycles. The van der Waals surface area contributed by atoms with E-state index in [1.807, 2.05) is 120 Å². The van der Waals surface area contributed by atoms with Gasteiger partial charge in [-0.25, -0.2) is 0 Å². The van der Waals surface area contributed by atoms with Gasteiger partial charge in [0, 0.05) is 131 Å². The van der Waals surface area contributed by atoms with Crippen LogP contribution in [0.25, 0.3) is 0 Å². The summed E-state index contributed by atoms with van der Waals surface area (Å²) in [6, 6.07) is 9.34. The van der Waals surface area contributed by atoms with E-state index >= 15 is 0 Å². The van der Waals surface area contributed by atoms with Crippen molar-refractivity contribution in [2.45, 2.75) is 330 Å². The number of nitro groups is 1. The zero-order valence-corrected chi connectivity index (χ0v) is 83.1. The highest BCUT2D eigenvalue weighted by atomic mass is 28.3. The number of ether oxygens (including phenoxy) is 1. The number of carbonyl (C=O) groups is 13. The zero-order valence-electron chi connectivity index (χ0n) is 80.1. The lowest BCUT2D eigenvalue weighted by molar-refractivity contribution is -0.488. The third-order valence-electron chi connectivity index (χ3n) is 16.2. The second kappa shape index (κ2) is 67.0. The SMILES string of the molecule is CC(=N)C(C#N)C(C)=O.CC(=N)C(C(C)=O)[N+](=O)[O-].CC(=N)C(C)(C)C(C)=O.CC(=N)C(C)C(C)=O.CC(=N)C(OC(C)=O)C(C)=O.CC(=N)CC(=O)[Si](C)(C)C.CC(=N)CC(=O)c1ccccc1.CC(=N)CC(C)=O.CC(C)(C)C(=N)CC(=O)C(C)(C)C.CCC(=N)CC(=O)CC.CCC(C(C)=N)C(C)=O.C[Si](C)(C)C(=N)CC(=O)[Si](C)(C)C. The van der Waals surface area contributed by atoms with Gasteiger partial charge in [0.05, 0.1) is 42.8 Å². The molecule has 0 saturated heterocycles. The highest BCUT2D eigenvalue weighted by Gasteiger charge is 2.31. The van der Waals surface area contributed by atoms with Crippen LogP contribution < -0.4 is 0 Å². The molecular formula is C87H154N14O16Si3. The summed E-state index contributed by atoms with van der Waals surface area (Å²) in [5.74, 6) is -2.26. The second-order valence-electron chi connectivity index (χ2n) is 34.4. The first-order valence-corrected chi connectivity index (χ1v) is 49.6. The molecule has 1 aromatic carbocycles. The number of ketones is 10. The van der Waals surface area contributed by atoms with Gasteiger partial charge in [-0.1, -0.05) is 158 Å². The van der Waals surface area contributed by atoms with E-state index in [1.54, 1.807) is 80.5 Å². The lowest BCUT2D eigenvalue weighted by atomic mass is 9.81. The van der Waals surface area contributed by atoms with Crippen molar-refractivity contribution in [3.8, 4) is 6.07 Å². The zero-order chi connectivity index (χ0) is 98.8. The first-order chi connectivity index (χ1) is 53.5. The summed E-state index contributed by atoms with van der Waals surface area (Å²) in [7, 11) is -4.78. The fourth-order valence-electron chi connectivity index (χ4n) is 6.93. The van der Waals surface area contributed by atoms with Crippen LogP contribution in [0.5, 0.6) is 0 Å². The lowest BCUT2D eigenvalue weighted by Crippen LogP contribution is -2.41. The second-order valence-corrected chi connectivity index (χ2v) is 49.6. The molecule has 0 aliphatic rings. The predicted octanol–water partition coefficient (Wildman–Crippen LogP) is 18.8. The van der Waals surface area contributed by atoms with Gasteiger partial charge < -0.3 is 79.2 Å². The predicted molar refractivity (Wildman–Crippen MR) is 499 cm³/mol. The minimum Gasteiger partial charge on any atom is -0.448 e. The lowest BCUT2D eigenvalue weighted by Gasteiger charge is -2.23. The quantitative estimate of drug-likeness (QED) is 0.00776. The first-order valence-electron chi connectivity index (χ1n) is 39.1. The van der Waals surface area contributed by atoms with Gasteiger partial charge in [-0.05, 0) is 136 Å². The van der Waals surface area contributed by atoms with Gasteiger partial charge in [0.15, 0.2) is 23.5 Å². The van der Waals surface area contributed by atoms with E-state index in [0.29, 0.717) is 101 Å². The topological polar surface area (TPSA) is 584 Å². The summed E-state index contributed by atoms with van der Waals surface area (Å²) in [6.45, 7) is 66.0. The van der Waals surface area contributed by atoms with Gasteiger partial charge in [-0.15, -0.1) is 0 Å². The average molecular weight is 1740 g/mol. The van der Waals surface area contributed by atoms with Crippen molar-refractivity contribution >= 4 is 167 Å². The van der Waals surface area contributed by atoms with Crippen LogP contribution >= 0.6 is 0 Å². The molecule has 0 heterocycles. The minimum absolute atomic E-state index is 0.0168. The van der Waals surface area contributed by atoms with Crippen LogP contribution in [0.2, 0.25) is 58.9 Å². The number of nitrogens with zero attached hydrogens (tertiary/aromatic N) is 2. The molecule has 0 bridgehead atoms. The van der Waals surface area contributed by atoms with Crippen LogP contribution in [0, 0.1) is 120 Å². The molecule has 30 nitrogen and oxygen atoms in total. The Bertz CT molecular complexity index is 3550. The highest BCUT2D eigenvalue weighted by Crippen LogP contribution is 2.23.